The lowest BCUT2D eigenvalue weighted by Gasteiger charge is -2.16. The fraction of sp³-hybridized carbons (Fsp3) is 0.269. The van der Waals surface area contributed by atoms with Crippen molar-refractivity contribution >= 4 is 39.9 Å². The number of anilines is 2. The smallest absolute Gasteiger partial charge is 0.255 e. The van der Waals surface area contributed by atoms with Crippen molar-refractivity contribution in [3.8, 4) is 17.1 Å². The minimum atomic E-state index is -0.0671. The summed E-state index contributed by atoms with van der Waals surface area (Å²) < 4.78 is 5.96. The van der Waals surface area contributed by atoms with Crippen LogP contribution in [0.4, 0.5) is 11.4 Å². The number of ether oxygens (including phenoxy) is 1. The van der Waals surface area contributed by atoms with Crippen LogP contribution in [0.2, 0.25) is 5.02 Å². The summed E-state index contributed by atoms with van der Waals surface area (Å²) in [6.07, 6.45) is 5.10. The van der Waals surface area contributed by atoms with Crippen molar-refractivity contribution in [1.29, 1.82) is 0 Å². The minimum absolute atomic E-state index is 0.0671. The number of hydrogen-bond donors (Lipinski definition) is 3. The average Bonchev–Trinajstić information content (AvgIpc) is 3.76. The molecule has 0 unspecified atom stereocenters. The highest BCUT2D eigenvalue weighted by molar-refractivity contribution is 6.31. The van der Waals surface area contributed by atoms with Crippen LogP contribution in [0.25, 0.3) is 22.3 Å². The van der Waals surface area contributed by atoms with Gasteiger partial charge in [0.1, 0.15) is 11.6 Å². The lowest BCUT2D eigenvalue weighted by Crippen LogP contribution is -2.31. The Balaban J connectivity index is 1.43. The monoisotopic (exact) mass is 471 g/mol. The molecule has 0 bridgehead atoms. The van der Waals surface area contributed by atoms with E-state index in [1.807, 2.05) is 43.3 Å². The number of H-pyrrole nitrogens is 1. The van der Waals surface area contributed by atoms with Crippen molar-refractivity contribution < 1.29 is 9.53 Å². The first kappa shape index (κ1) is 19.9. The van der Waals surface area contributed by atoms with Crippen LogP contribution < -0.4 is 15.4 Å². The molecule has 3 aliphatic rings. The number of carbonyl (C=O) groups is 1. The Labute approximate surface area is 200 Å². The van der Waals surface area contributed by atoms with Crippen LogP contribution in [-0.2, 0) is 0 Å². The van der Waals surface area contributed by atoms with Gasteiger partial charge in [0.2, 0.25) is 5.88 Å². The van der Waals surface area contributed by atoms with Gasteiger partial charge in [0.05, 0.1) is 22.5 Å². The van der Waals surface area contributed by atoms with Gasteiger partial charge in [-0.2, -0.15) is 0 Å². The molecule has 7 rings (SSSR count). The van der Waals surface area contributed by atoms with E-state index < -0.39 is 0 Å². The third kappa shape index (κ3) is 3.15. The summed E-state index contributed by atoms with van der Waals surface area (Å²) in [7, 11) is 0. The highest BCUT2D eigenvalue weighted by Gasteiger charge is 2.48. The molecule has 3 aromatic heterocycles. The van der Waals surface area contributed by atoms with E-state index in [9.17, 15) is 4.79 Å². The van der Waals surface area contributed by atoms with Crippen LogP contribution in [0, 0.1) is 6.92 Å². The minimum Gasteiger partial charge on any atom is -0.474 e. The number of carbonyl (C=O) groups excluding carboxylic acids is 1. The lowest BCUT2D eigenvalue weighted by molar-refractivity contribution is 0.0944. The van der Waals surface area contributed by atoms with Crippen molar-refractivity contribution in [1.82, 2.24) is 20.3 Å². The van der Waals surface area contributed by atoms with E-state index >= 15 is 0 Å². The normalized spacial score (nSPS) is 20.5. The van der Waals surface area contributed by atoms with Crippen LogP contribution >= 0.6 is 11.6 Å². The third-order valence-corrected chi connectivity index (χ3v) is 7.31. The number of rotatable bonds is 5. The molecule has 2 fully saturated rings. The quantitative estimate of drug-likeness (QED) is 0.359. The first-order valence-corrected chi connectivity index (χ1v) is 12.0. The number of halogens is 1. The van der Waals surface area contributed by atoms with Gasteiger partial charge < -0.3 is 20.4 Å². The van der Waals surface area contributed by atoms with E-state index in [4.69, 9.17) is 21.3 Å². The van der Waals surface area contributed by atoms with Crippen LogP contribution in [-0.4, -0.2) is 33.0 Å². The Kier molecular flexibility index (Phi) is 4.21. The van der Waals surface area contributed by atoms with E-state index in [2.05, 4.69) is 20.6 Å². The summed E-state index contributed by atoms with van der Waals surface area (Å²) in [6, 6.07) is 11.7. The molecule has 2 aliphatic carbocycles. The number of pyridine rings is 2. The molecule has 2 atom stereocenters. The molecule has 3 N–H and O–H groups in total. The zero-order chi connectivity index (χ0) is 23.0. The van der Waals surface area contributed by atoms with Crippen LogP contribution in [0.1, 0.15) is 46.8 Å². The summed E-state index contributed by atoms with van der Waals surface area (Å²) in [5.74, 6) is 0.834. The second kappa shape index (κ2) is 7.21. The van der Waals surface area contributed by atoms with Crippen molar-refractivity contribution in [2.75, 3.05) is 5.32 Å². The summed E-state index contributed by atoms with van der Waals surface area (Å²) >= 11 is 6.40. The predicted octanol–water partition coefficient (Wildman–Crippen LogP) is 5.47. The number of fused-ring (bicyclic) bond motifs is 4. The number of hydrogen-bond acceptors (Lipinski definition) is 5. The standard InChI is InChI=1S/C26H22ClN5O2/c1-12-16(27)3-2-4-17(12)29-25-21-23(15-11-19(15)30-26(21)33)32-24(25)14-9-10-28-18-7-8-20(31-22(14)18)34-13-5-6-13/h2-4,7-10,13,15,19,29,32H,5-6,11H2,1H3,(H,30,33)/t15-,19+/m0/s1. The van der Waals surface area contributed by atoms with E-state index in [1.54, 1.807) is 6.20 Å². The van der Waals surface area contributed by atoms with Crippen molar-refractivity contribution in [3.63, 3.8) is 0 Å². The molecule has 7 nitrogen and oxygen atoms in total. The SMILES string of the molecule is Cc1c(Cl)cccc1Nc1c(-c2ccnc3ccc(OC4CC4)nc23)[nH]c2c1C(=O)N[C@@H]1C[C@H]21. The van der Waals surface area contributed by atoms with Crippen molar-refractivity contribution in [2.24, 2.45) is 0 Å². The molecule has 2 saturated carbocycles. The third-order valence-electron chi connectivity index (χ3n) is 6.90. The lowest BCUT2D eigenvalue weighted by atomic mass is 10.0. The first-order chi connectivity index (χ1) is 16.6. The Hall–Kier alpha value is -3.58. The van der Waals surface area contributed by atoms with Crippen LogP contribution in [0.3, 0.4) is 0 Å². The van der Waals surface area contributed by atoms with E-state index in [1.165, 1.54) is 0 Å². The van der Waals surface area contributed by atoms with Gasteiger partial charge in [0.15, 0.2) is 0 Å². The van der Waals surface area contributed by atoms with E-state index in [0.29, 0.717) is 22.4 Å². The maximum Gasteiger partial charge on any atom is 0.255 e. The Morgan fingerprint density at radius 3 is 2.91 bits per heavy atom. The molecule has 8 heteroatoms. The number of nitrogens with one attached hydrogen (secondary N) is 3. The summed E-state index contributed by atoms with van der Waals surface area (Å²) in [5.41, 5.74) is 7.32. The molecule has 0 radical (unpaired) electrons. The second-order valence-corrected chi connectivity index (χ2v) is 9.72. The van der Waals surface area contributed by atoms with Gasteiger partial charge >= 0.3 is 0 Å². The number of amides is 1. The zero-order valence-electron chi connectivity index (χ0n) is 18.5. The molecule has 0 spiro atoms. The van der Waals surface area contributed by atoms with E-state index in [-0.39, 0.29) is 18.1 Å². The summed E-state index contributed by atoms with van der Waals surface area (Å²) in [5, 5.41) is 7.32. The number of aromatic nitrogens is 3. The fourth-order valence-electron chi connectivity index (χ4n) is 4.78. The molecular weight excluding hydrogens is 450 g/mol. The zero-order valence-corrected chi connectivity index (χ0v) is 19.2. The molecule has 4 heterocycles. The Morgan fingerprint density at radius 1 is 1.18 bits per heavy atom. The van der Waals surface area contributed by atoms with Crippen molar-refractivity contribution in [3.05, 3.63) is 64.4 Å². The molecule has 34 heavy (non-hydrogen) atoms. The van der Waals surface area contributed by atoms with Gasteiger partial charge in [-0.05, 0) is 56.0 Å². The first-order valence-electron chi connectivity index (χ1n) is 11.6. The van der Waals surface area contributed by atoms with E-state index in [0.717, 1.165) is 64.2 Å². The topological polar surface area (TPSA) is 91.9 Å². The number of benzene rings is 1. The fourth-order valence-corrected chi connectivity index (χ4v) is 4.96. The summed E-state index contributed by atoms with van der Waals surface area (Å²) in [4.78, 5) is 26.1. The van der Waals surface area contributed by atoms with Crippen LogP contribution in [0.5, 0.6) is 5.88 Å². The number of aromatic amines is 1. The molecule has 170 valence electrons. The van der Waals surface area contributed by atoms with Crippen molar-refractivity contribution in [2.45, 2.75) is 44.2 Å². The maximum absolute atomic E-state index is 13.1. The highest BCUT2D eigenvalue weighted by atomic mass is 35.5. The number of nitrogens with zero attached hydrogens (tertiary/aromatic N) is 2. The van der Waals surface area contributed by atoms with Gasteiger partial charge in [-0.15, -0.1) is 0 Å². The highest BCUT2D eigenvalue weighted by Crippen LogP contribution is 2.50. The maximum atomic E-state index is 13.1. The Morgan fingerprint density at radius 2 is 2.06 bits per heavy atom. The second-order valence-electron chi connectivity index (χ2n) is 9.32. The molecule has 1 amide bonds. The predicted molar refractivity (Wildman–Crippen MR) is 131 cm³/mol. The Bertz CT molecular complexity index is 1490. The summed E-state index contributed by atoms with van der Waals surface area (Å²) in [6.45, 7) is 1.96. The molecule has 0 saturated heterocycles. The van der Waals surface area contributed by atoms with Crippen LogP contribution in [0.15, 0.2) is 42.6 Å². The van der Waals surface area contributed by atoms with Gasteiger partial charge in [0, 0.05) is 46.2 Å². The average molecular weight is 472 g/mol. The van der Waals surface area contributed by atoms with Gasteiger partial charge in [-0.25, -0.2) is 4.98 Å². The van der Waals surface area contributed by atoms with Gasteiger partial charge in [-0.1, -0.05) is 17.7 Å². The van der Waals surface area contributed by atoms with Gasteiger partial charge in [-0.3, -0.25) is 9.78 Å². The molecular formula is C26H22ClN5O2. The van der Waals surface area contributed by atoms with Gasteiger partial charge in [0.25, 0.3) is 5.91 Å². The largest absolute Gasteiger partial charge is 0.474 e. The molecule has 1 aliphatic heterocycles. The molecule has 4 aromatic rings. The molecule has 1 aromatic carbocycles.